The number of benzene rings is 1. The highest BCUT2D eigenvalue weighted by atomic mass is 19.4. The molecule has 1 fully saturated rings. The average Bonchev–Trinajstić information content (AvgIpc) is 2.88. The molecule has 116 valence electrons. The van der Waals surface area contributed by atoms with Crippen LogP contribution in [0.3, 0.4) is 0 Å². The minimum absolute atomic E-state index is 0.240. The zero-order valence-corrected chi connectivity index (χ0v) is 12.2. The highest BCUT2D eigenvalue weighted by Gasteiger charge is 2.37. The first-order valence-electron chi connectivity index (χ1n) is 7.99. The van der Waals surface area contributed by atoms with Crippen LogP contribution in [0, 0.1) is 5.92 Å². The Morgan fingerprint density at radius 1 is 1.05 bits per heavy atom. The zero-order chi connectivity index (χ0) is 14.9. The van der Waals surface area contributed by atoms with Gasteiger partial charge in [0, 0.05) is 18.2 Å². The van der Waals surface area contributed by atoms with Gasteiger partial charge >= 0.3 is 6.18 Å². The van der Waals surface area contributed by atoms with Crippen LogP contribution in [0.1, 0.15) is 62.0 Å². The van der Waals surface area contributed by atoms with Crippen LogP contribution in [0.15, 0.2) is 18.2 Å². The van der Waals surface area contributed by atoms with Crippen molar-refractivity contribution in [3.05, 3.63) is 29.3 Å². The topological polar surface area (TPSA) is 12.0 Å². The van der Waals surface area contributed by atoms with Crippen molar-refractivity contribution < 1.29 is 13.2 Å². The van der Waals surface area contributed by atoms with Crippen LogP contribution < -0.4 is 5.32 Å². The molecule has 21 heavy (non-hydrogen) atoms. The number of hydrogen-bond donors (Lipinski definition) is 1. The Balaban J connectivity index is 1.69. The summed E-state index contributed by atoms with van der Waals surface area (Å²) in [6.07, 6.45) is 4.49. The Morgan fingerprint density at radius 2 is 1.81 bits per heavy atom. The molecule has 1 saturated carbocycles. The van der Waals surface area contributed by atoms with Crippen LogP contribution in [0.2, 0.25) is 0 Å². The minimum Gasteiger partial charge on any atom is -0.384 e. The van der Waals surface area contributed by atoms with E-state index in [1.54, 1.807) is 6.07 Å². The Labute approximate surface area is 123 Å². The van der Waals surface area contributed by atoms with Crippen molar-refractivity contribution in [2.75, 3.05) is 11.9 Å². The maximum atomic E-state index is 13.0. The van der Waals surface area contributed by atoms with Gasteiger partial charge in [-0.1, -0.05) is 44.2 Å². The van der Waals surface area contributed by atoms with Crippen molar-refractivity contribution >= 4 is 5.69 Å². The molecule has 4 heteroatoms. The molecule has 1 aromatic rings. The molecule has 1 aliphatic carbocycles. The van der Waals surface area contributed by atoms with Crippen LogP contribution >= 0.6 is 0 Å². The van der Waals surface area contributed by atoms with Crippen molar-refractivity contribution in [1.29, 1.82) is 0 Å². The summed E-state index contributed by atoms with van der Waals surface area (Å²) in [6, 6.07) is 4.58. The van der Waals surface area contributed by atoms with E-state index >= 15 is 0 Å². The van der Waals surface area contributed by atoms with Crippen LogP contribution in [-0.2, 0) is 6.18 Å². The third kappa shape index (κ3) is 3.19. The third-order valence-corrected chi connectivity index (χ3v) is 5.02. The molecule has 0 bridgehead atoms. The fourth-order valence-corrected chi connectivity index (χ4v) is 3.85. The van der Waals surface area contributed by atoms with Gasteiger partial charge in [0.15, 0.2) is 0 Å². The lowest BCUT2D eigenvalue weighted by atomic mass is 9.83. The number of fused-ring (bicyclic) bond motifs is 1. The lowest BCUT2D eigenvalue weighted by Crippen LogP contribution is -2.09. The second-order valence-electron chi connectivity index (χ2n) is 6.43. The first-order valence-corrected chi connectivity index (χ1v) is 7.99. The van der Waals surface area contributed by atoms with Gasteiger partial charge in [-0.15, -0.1) is 0 Å². The summed E-state index contributed by atoms with van der Waals surface area (Å²) in [5, 5.41) is 2.99. The fourth-order valence-electron chi connectivity index (χ4n) is 3.85. The molecule has 2 aliphatic rings. The summed E-state index contributed by atoms with van der Waals surface area (Å²) in [4.78, 5) is 0. The molecule has 0 radical (unpaired) electrons. The smallest absolute Gasteiger partial charge is 0.384 e. The largest absolute Gasteiger partial charge is 0.418 e. The Bertz CT molecular complexity index is 489. The summed E-state index contributed by atoms with van der Waals surface area (Å²) in [5.74, 6) is 1.03. The maximum absolute atomic E-state index is 13.0. The van der Waals surface area contributed by atoms with Gasteiger partial charge in [-0.2, -0.15) is 13.2 Å². The molecule has 1 atom stereocenters. The molecule has 1 heterocycles. The van der Waals surface area contributed by atoms with E-state index in [0.717, 1.165) is 24.3 Å². The van der Waals surface area contributed by atoms with Crippen molar-refractivity contribution in [1.82, 2.24) is 0 Å². The van der Waals surface area contributed by atoms with Crippen molar-refractivity contribution in [3.8, 4) is 0 Å². The third-order valence-electron chi connectivity index (χ3n) is 5.02. The molecule has 1 unspecified atom stereocenters. The van der Waals surface area contributed by atoms with E-state index in [9.17, 15) is 13.2 Å². The van der Waals surface area contributed by atoms with Crippen molar-refractivity contribution in [2.45, 2.75) is 57.0 Å². The molecule has 1 aromatic carbocycles. The monoisotopic (exact) mass is 297 g/mol. The molecule has 1 aliphatic heterocycles. The maximum Gasteiger partial charge on any atom is 0.418 e. The Kier molecular flexibility index (Phi) is 4.14. The second kappa shape index (κ2) is 5.90. The number of nitrogens with one attached hydrogen (secondary N) is 1. The normalized spacial score (nSPS) is 22.9. The molecule has 0 amide bonds. The van der Waals surface area contributed by atoms with Gasteiger partial charge in [0.2, 0.25) is 0 Å². The lowest BCUT2D eigenvalue weighted by Gasteiger charge is -2.22. The van der Waals surface area contributed by atoms with Crippen LogP contribution in [-0.4, -0.2) is 6.54 Å². The minimum atomic E-state index is -4.27. The predicted octanol–water partition coefficient (Wildman–Crippen LogP) is 5.58. The summed E-state index contributed by atoms with van der Waals surface area (Å²) in [7, 11) is 0. The standard InChI is InChI=1S/C17H22F3N/c18-17(19,20)15-8-4-7-14-13(11-21-16(14)15)10-9-12-5-2-1-3-6-12/h4,7-8,12-13,21H,1-3,5-6,9-11H2. The molecule has 0 aromatic heterocycles. The molecule has 1 N–H and O–H groups in total. The second-order valence-corrected chi connectivity index (χ2v) is 6.43. The Morgan fingerprint density at radius 3 is 2.52 bits per heavy atom. The van der Waals surface area contributed by atoms with Crippen LogP contribution in [0.25, 0.3) is 0 Å². The molecule has 0 saturated heterocycles. The number of alkyl halides is 3. The number of halogens is 3. The van der Waals surface area contributed by atoms with Gasteiger partial charge in [0.25, 0.3) is 0 Å². The van der Waals surface area contributed by atoms with Crippen LogP contribution in [0.5, 0.6) is 0 Å². The number of hydrogen-bond acceptors (Lipinski definition) is 1. The molecule has 0 spiro atoms. The van der Waals surface area contributed by atoms with Gasteiger partial charge in [0.05, 0.1) is 5.56 Å². The van der Waals surface area contributed by atoms with E-state index in [0.29, 0.717) is 12.2 Å². The quantitative estimate of drug-likeness (QED) is 0.768. The summed E-state index contributed by atoms with van der Waals surface area (Å²) in [5.41, 5.74) is 0.666. The zero-order valence-electron chi connectivity index (χ0n) is 12.2. The summed E-state index contributed by atoms with van der Waals surface area (Å²) >= 11 is 0. The van der Waals surface area contributed by atoms with Crippen molar-refractivity contribution in [3.63, 3.8) is 0 Å². The molecular weight excluding hydrogens is 275 g/mol. The summed E-state index contributed by atoms with van der Waals surface area (Å²) in [6.45, 7) is 0.648. The van der Waals surface area contributed by atoms with Crippen LogP contribution in [0.4, 0.5) is 18.9 Å². The number of anilines is 1. The van der Waals surface area contributed by atoms with E-state index in [4.69, 9.17) is 0 Å². The Hall–Kier alpha value is -1.19. The number of rotatable bonds is 3. The van der Waals surface area contributed by atoms with Gasteiger partial charge < -0.3 is 5.32 Å². The average molecular weight is 297 g/mol. The first-order chi connectivity index (χ1) is 10.1. The van der Waals surface area contributed by atoms with Gasteiger partial charge in [0.1, 0.15) is 0 Å². The van der Waals surface area contributed by atoms with Gasteiger partial charge in [-0.05, 0) is 30.4 Å². The van der Waals surface area contributed by atoms with E-state index in [1.807, 2.05) is 6.07 Å². The van der Waals surface area contributed by atoms with Gasteiger partial charge in [-0.3, -0.25) is 0 Å². The van der Waals surface area contributed by atoms with E-state index in [2.05, 4.69) is 5.32 Å². The first kappa shape index (κ1) is 14.7. The highest BCUT2D eigenvalue weighted by molar-refractivity contribution is 5.64. The fraction of sp³-hybridized carbons (Fsp3) is 0.647. The summed E-state index contributed by atoms with van der Waals surface area (Å²) < 4.78 is 39.0. The van der Waals surface area contributed by atoms with Crippen molar-refractivity contribution in [2.24, 2.45) is 5.92 Å². The predicted molar refractivity (Wildman–Crippen MR) is 78.5 cm³/mol. The number of para-hydroxylation sites is 1. The van der Waals surface area contributed by atoms with E-state index < -0.39 is 11.7 Å². The van der Waals surface area contributed by atoms with E-state index in [1.165, 1.54) is 38.2 Å². The molecular formula is C17H22F3N. The van der Waals surface area contributed by atoms with Gasteiger partial charge in [-0.25, -0.2) is 0 Å². The molecule has 3 rings (SSSR count). The lowest BCUT2D eigenvalue weighted by molar-refractivity contribution is -0.136. The molecule has 1 nitrogen and oxygen atoms in total. The SMILES string of the molecule is FC(F)(F)c1cccc2c1NCC2CCC1CCCCC1. The van der Waals surface area contributed by atoms with E-state index in [-0.39, 0.29) is 5.92 Å². The highest BCUT2D eigenvalue weighted by Crippen LogP contribution is 2.44.